The third-order valence-electron chi connectivity index (χ3n) is 6.88. The van der Waals surface area contributed by atoms with Gasteiger partial charge in [0.05, 0.1) is 28.7 Å². The number of carbonyl (C=O) groups excluding carboxylic acids is 3. The lowest BCUT2D eigenvalue weighted by Crippen LogP contribution is -2.51. The first-order chi connectivity index (χ1) is 17.2. The molecule has 10 heteroatoms. The number of carbonyl (C=O) groups is 3. The monoisotopic (exact) mass is 613 g/mol. The van der Waals surface area contributed by atoms with E-state index < -0.39 is 17.9 Å². The van der Waals surface area contributed by atoms with Crippen molar-refractivity contribution < 1.29 is 14.4 Å². The van der Waals surface area contributed by atoms with Crippen LogP contribution in [0.25, 0.3) is 5.69 Å². The largest absolute Gasteiger partial charge is 0.341 e. The number of nitrogens with zero attached hydrogens (tertiary/aromatic N) is 5. The molecule has 5 rings (SSSR count). The van der Waals surface area contributed by atoms with E-state index >= 15 is 0 Å². The Kier molecular flexibility index (Phi) is 6.82. The van der Waals surface area contributed by atoms with Gasteiger partial charge < -0.3 is 4.90 Å². The number of hydrogen-bond donors (Lipinski definition) is 0. The Bertz CT molecular complexity index is 1340. The van der Waals surface area contributed by atoms with Crippen LogP contribution in [0.5, 0.6) is 0 Å². The van der Waals surface area contributed by atoms with Crippen LogP contribution in [0.2, 0.25) is 0 Å². The van der Waals surface area contributed by atoms with Crippen molar-refractivity contribution in [2.24, 2.45) is 5.92 Å². The third-order valence-corrected chi connectivity index (χ3v) is 7.83. The van der Waals surface area contributed by atoms with Crippen molar-refractivity contribution in [3.63, 3.8) is 0 Å². The molecule has 0 spiro atoms. The van der Waals surface area contributed by atoms with Crippen molar-refractivity contribution in [3.8, 4) is 5.69 Å². The van der Waals surface area contributed by atoms with Crippen molar-refractivity contribution in [2.75, 3.05) is 13.1 Å². The Labute approximate surface area is 225 Å². The number of likely N-dealkylation sites (tertiary alicyclic amines) is 1. The minimum Gasteiger partial charge on any atom is -0.341 e. The number of piperidine rings is 1. The van der Waals surface area contributed by atoms with E-state index in [1.165, 1.54) is 0 Å². The highest BCUT2D eigenvalue weighted by molar-refractivity contribution is 9.10. The van der Waals surface area contributed by atoms with Gasteiger partial charge in [-0.1, -0.05) is 37.1 Å². The fourth-order valence-corrected chi connectivity index (χ4v) is 5.94. The number of rotatable bonds is 5. The molecule has 2 aliphatic rings. The fraction of sp³-hybridized carbons (Fsp3) is 0.346. The van der Waals surface area contributed by atoms with E-state index in [2.05, 4.69) is 48.2 Å². The van der Waals surface area contributed by atoms with Gasteiger partial charge in [-0.3, -0.25) is 19.3 Å². The summed E-state index contributed by atoms with van der Waals surface area (Å²) in [5.41, 5.74) is 3.68. The first-order valence-electron chi connectivity index (χ1n) is 11.9. The molecule has 3 aromatic rings. The number of aromatic nitrogens is 3. The van der Waals surface area contributed by atoms with Crippen LogP contribution in [0.1, 0.15) is 51.7 Å². The highest BCUT2D eigenvalue weighted by atomic mass is 79.9. The number of aryl methyl sites for hydroxylation is 1. The second-order valence-corrected chi connectivity index (χ2v) is 11.3. The maximum atomic E-state index is 13.2. The summed E-state index contributed by atoms with van der Waals surface area (Å²) in [5, 5.41) is 8.65. The minimum atomic E-state index is -0.846. The number of benzene rings is 2. The van der Waals surface area contributed by atoms with Crippen LogP contribution in [0, 0.1) is 12.8 Å². The van der Waals surface area contributed by atoms with E-state index in [4.69, 9.17) is 0 Å². The second kappa shape index (κ2) is 9.89. The first-order valence-corrected chi connectivity index (χ1v) is 13.4. The van der Waals surface area contributed by atoms with Crippen molar-refractivity contribution in [1.82, 2.24) is 24.8 Å². The van der Waals surface area contributed by atoms with E-state index in [0.29, 0.717) is 30.1 Å². The quantitative estimate of drug-likeness (QED) is 0.393. The van der Waals surface area contributed by atoms with Crippen molar-refractivity contribution >= 4 is 49.6 Å². The molecule has 3 heterocycles. The number of amides is 3. The van der Waals surface area contributed by atoms with E-state index in [1.54, 1.807) is 34.7 Å². The van der Waals surface area contributed by atoms with E-state index in [0.717, 1.165) is 50.1 Å². The highest BCUT2D eigenvalue weighted by Crippen LogP contribution is 2.29. The summed E-state index contributed by atoms with van der Waals surface area (Å²) in [6, 6.07) is 10.2. The normalized spacial score (nSPS) is 17.0. The molecule has 1 saturated heterocycles. The molecule has 2 aliphatic heterocycles. The molecule has 0 aliphatic carbocycles. The van der Waals surface area contributed by atoms with Gasteiger partial charge >= 0.3 is 0 Å². The van der Waals surface area contributed by atoms with Crippen LogP contribution in [0.15, 0.2) is 51.5 Å². The molecule has 36 heavy (non-hydrogen) atoms. The molecule has 8 nitrogen and oxygen atoms in total. The Morgan fingerprint density at radius 1 is 1.03 bits per heavy atom. The molecular weight excluding hydrogens is 590 g/mol. The predicted molar refractivity (Wildman–Crippen MR) is 141 cm³/mol. The average Bonchev–Trinajstić information content (AvgIpc) is 3.40. The Balaban J connectivity index is 1.19. The summed E-state index contributed by atoms with van der Waals surface area (Å²) in [4.78, 5) is 41.8. The van der Waals surface area contributed by atoms with Crippen LogP contribution in [-0.2, 0) is 11.2 Å². The molecule has 186 valence electrons. The first kappa shape index (κ1) is 24.8. The Hall–Kier alpha value is -2.85. The zero-order chi connectivity index (χ0) is 25.6. The summed E-state index contributed by atoms with van der Waals surface area (Å²) in [6.45, 7) is 4.84. The van der Waals surface area contributed by atoms with E-state index in [-0.39, 0.29) is 5.91 Å². The van der Waals surface area contributed by atoms with Crippen LogP contribution in [-0.4, -0.2) is 61.6 Å². The summed E-state index contributed by atoms with van der Waals surface area (Å²) in [7, 11) is 0. The third kappa shape index (κ3) is 4.76. The number of fused-ring (bicyclic) bond motifs is 1. The van der Waals surface area contributed by atoms with Crippen molar-refractivity contribution in [2.45, 2.75) is 39.2 Å². The van der Waals surface area contributed by atoms with Gasteiger partial charge in [-0.2, -0.15) is 0 Å². The lowest BCUT2D eigenvalue weighted by Gasteiger charge is -2.35. The lowest BCUT2D eigenvalue weighted by molar-refractivity contribution is -0.136. The highest BCUT2D eigenvalue weighted by Gasteiger charge is 2.42. The van der Waals surface area contributed by atoms with Gasteiger partial charge in [0.2, 0.25) is 5.91 Å². The zero-order valence-corrected chi connectivity index (χ0v) is 23.1. The lowest BCUT2D eigenvalue weighted by atomic mass is 9.92. The summed E-state index contributed by atoms with van der Waals surface area (Å²) >= 11 is 6.87. The molecule has 0 N–H and O–H groups in total. The SMILES string of the molecule is Cc1cc(Br)cc(-n2cc(CC3CCN(C(=O)C(C)N4C(=O)c5ccc(Br)cc5C4=O)CC3)nn2)c1. The molecular formula is C26H25Br2N5O3. The van der Waals surface area contributed by atoms with Gasteiger partial charge in [-0.15, -0.1) is 5.10 Å². The minimum absolute atomic E-state index is 0.196. The Morgan fingerprint density at radius 2 is 1.75 bits per heavy atom. The smallest absolute Gasteiger partial charge is 0.262 e. The average molecular weight is 615 g/mol. The van der Waals surface area contributed by atoms with Crippen LogP contribution < -0.4 is 0 Å². The molecule has 0 radical (unpaired) electrons. The second-order valence-electron chi connectivity index (χ2n) is 9.46. The summed E-state index contributed by atoms with van der Waals surface area (Å²) < 4.78 is 3.50. The molecule has 3 amide bonds. The zero-order valence-electron chi connectivity index (χ0n) is 19.9. The van der Waals surface area contributed by atoms with E-state index in [9.17, 15) is 14.4 Å². The molecule has 0 saturated carbocycles. The number of imide groups is 1. The predicted octanol–water partition coefficient (Wildman–Crippen LogP) is 4.57. The number of hydrogen-bond acceptors (Lipinski definition) is 5. The molecule has 0 bridgehead atoms. The van der Waals surface area contributed by atoms with Crippen molar-refractivity contribution in [3.05, 3.63) is 73.9 Å². The topological polar surface area (TPSA) is 88.4 Å². The summed E-state index contributed by atoms with van der Waals surface area (Å²) in [6.07, 6.45) is 4.41. The van der Waals surface area contributed by atoms with Gasteiger partial charge in [0.25, 0.3) is 11.8 Å². The van der Waals surface area contributed by atoms with Crippen molar-refractivity contribution in [1.29, 1.82) is 0 Å². The maximum absolute atomic E-state index is 13.2. The van der Waals surface area contributed by atoms with Crippen LogP contribution in [0.4, 0.5) is 0 Å². The summed E-state index contributed by atoms with van der Waals surface area (Å²) in [5.74, 6) is -0.647. The molecule has 2 aromatic carbocycles. The fourth-order valence-electron chi connectivity index (χ4n) is 4.98. The molecule has 1 unspecified atom stereocenters. The van der Waals surface area contributed by atoms with Gasteiger partial charge in [-0.05, 0) is 81.0 Å². The van der Waals surface area contributed by atoms with Gasteiger partial charge in [0.1, 0.15) is 6.04 Å². The van der Waals surface area contributed by atoms with Gasteiger partial charge in [-0.25, -0.2) is 4.68 Å². The molecule has 1 fully saturated rings. The van der Waals surface area contributed by atoms with Crippen LogP contribution >= 0.6 is 31.9 Å². The Morgan fingerprint density at radius 3 is 2.47 bits per heavy atom. The molecule has 1 atom stereocenters. The molecule has 1 aromatic heterocycles. The van der Waals surface area contributed by atoms with Gasteiger partial charge in [0.15, 0.2) is 0 Å². The number of halogens is 2. The van der Waals surface area contributed by atoms with Gasteiger partial charge in [0, 0.05) is 22.0 Å². The standard InChI is InChI=1S/C26H25Br2N5O3/c1-15-9-19(28)12-21(10-15)32-14-20(29-30-32)11-17-5-7-31(8-6-17)24(34)16(2)33-25(35)22-4-3-18(27)13-23(22)26(33)36/h3-4,9-10,12-14,16-17H,5-8,11H2,1-2H3. The van der Waals surface area contributed by atoms with Crippen LogP contribution in [0.3, 0.4) is 0 Å². The van der Waals surface area contributed by atoms with E-state index in [1.807, 2.05) is 25.3 Å². The maximum Gasteiger partial charge on any atom is 0.262 e.